The first-order valence-corrected chi connectivity index (χ1v) is 29.8. The molecule has 0 amide bonds. The second-order valence-corrected chi connectivity index (χ2v) is 23.0. The van der Waals surface area contributed by atoms with Gasteiger partial charge in [-0.25, -0.2) is 15.0 Å². The van der Waals surface area contributed by atoms with Crippen molar-refractivity contribution in [2.75, 3.05) is 0 Å². The zero-order chi connectivity index (χ0) is 57.2. The summed E-state index contributed by atoms with van der Waals surface area (Å²) in [4.78, 5) is 15.9. The van der Waals surface area contributed by atoms with Crippen molar-refractivity contribution in [1.82, 2.24) is 24.1 Å². The number of para-hydroxylation sites is 1. The molecule has 18 rings (SSSR count). The van der Waals surface area contributed by atoms with Crippen molar-refractivity contribution in [2.24, 2.45) is 0 Å². The maximum atomic E-state index is 5.36. The van der Waals surface area contributed by atoms with Gasteiger partial charge in [-0.1, -0.05) is 249 Å². The molecule has 2 aliphatic carbocycles. The van der Waals surface area contributed by atoms with Gasteiger partial charge in [-0.15, -0.1) is 0 Å². The third-order valence-electron chi connectivity index (χ3n) is 18.4. The molecule has 16 aromatic rings. The molecule has 5 heteroatoms. The molecular weight excluding hydrogens is 1050 g/mol. The average molecular weight is 1110 g/mol. The second-order valence-electron chi connectivity index (χ2n) is 23.0. The van der Waals surface area contributed by atoms with Crippen LogP contribution in [0.3, 0.4) is 0 Å². The van der Waals surface area contributed by atoms with Crippen LogP contribution in [0.5, 0.6) is 0 Å². The maximum Gasteiger partial charge on any atom is 0.164 e. The summed E-state index contributed by atoms with van der Waals surface area (Å²) >= 11 is 0. The number of aromatic nitrogens is 5. The normalized spacial score (nSPS) is 12.7. The van der Waals surface area contributed by atoms with Crippen molar-refractivity contribution < 1.29 is 0 Å². The predicted molar refractivity (Wildman–Crippen MR) is 357 cm³/mol. The third-order valence-corrected chi connectivity index (χ3v) is 18.4. The lowest BCUT2D eigenvalue weighted by Gasteiger charge is -2.31. The topological polar surface area (TPSA) is 48.5 Å². The van der Waals surface area contributed by atoms with Gasteiger partial charge in [0.2, 0.25) is 0 Å². The summed E-state index contributed by atoms with van der Waals surface area (Å²) in [6, 6.07) is 113. The Morgan fingerprint density at radius 1 is 0.230 bits per heavy atom. The minimum atomic E-state index is -0.604. The van der Waals surface area contributed by atoms with Crippen LogP contribution in [0.1, 0.15) is 22.3 Å². The van der Waals surface area contributed by atoms with Crippen molar-refractivity contribution >= 4 is 43.6 Å². The van der Waals surface area contributed by atoms with Crippen molar-refractivity contribution in [2.45, 2.75) is 5.41 Å². The van der Waals surface area contributed by atoms with Gasteiger partial charge in [-0.3, -0.25) is 0 Å². The first-order valence-electron chi connectivity index (χ1n) is 29.8. The van der Waals surface area contributed by atoms with E-state index in [4.69, 9.17) is 15.0 Å². The van der Waals surface area contributed by atoms with E-state index >= 15 is 0 Å². The number of benzene rings is 13. The fourth-order valence-corrected chi connectivity index (χ4v) is 14.6. The van der Waals surface area contributed by atoms with Crippen molar-refractivity contribution in [3.8, 4) is 101 Å². The van der Waals surface area contributed by atoms with Gasteiger partial charge in [0.1, 0.15) is 0 Å². The van der Waals surface area contributed by atoms with E-state index in [0.29, 0.717) is 17.5 Å². The molecular formula is C82H51N5. The van der Waals surface area contributed by atoms with E-state index in [-0.39, 0.29) is 0 Å². The lowest BCUT2D eigenvalue weighted by Crippen LogP contribution is -2.26. The number of hydrogen-bond donors (Lipinski definition) is 0. The summed E-state index contributed by atoms with van der Waals surface area (Å²) in [5.41, 5.74) is 26.1. The molecule has 0 aliphatic heterocycles. The van der Waals surface area contributed by atoms with E-state index in [1.54, 1.807) is 0 Å². The lowest BCUT2D eigenvalue weighted by molar-refractivity contribution is 0.797. The molecule has 3 aromatic heterocycles. The van der Waals surface area contributed by atoms with Gasteiger partial charge in [0.25, 0.3) is 0 Å². The zero-order valence-corrected chi connectivity index (χ0v) is 47.2. The molecule has 0 fully saturated rings. The van der Waals surface area contributed by atoms with E-state index in [9.17, 15) is 0 Å². The Hall–Kier alpha value is -11.5. The van der Waals surface area contributed by atoms with Crippen LogP contribution in [0.2, 0.25) is 0 Å². The zero-order valence-electron chi connectivity index (χ0n) is 47.2. The summed E-state index contributed by atoms with van der Waals surface area (Å²) in [6.07, 6.45) is 0. The average Bonchev–Trinajstić information content (AvgIpc) is 1.54. The van der Waals surface area contributed by atoms with Crippen molar-refractivity contribution in [3.63, 3.8) is 0 Å². The molecule has 404 valence electrons. The molecule has 1 spiro atoms. The van der Waals surface area contributed by atoms with Crippen LogP contribution in [0.15, 0.2) is 309 Å². The standard InChI is InChI=1S/C82H51N5/c1-4-21-52(22-5-1)55-27-18-29-59(47-55)80-83-79(54-25-8-3-9-26-54)84-81(85-80)60-30-20-32-62(49-60)87-76-46-42-58(57-41-45-75-69(50-57)66-36-13-17-40-74(66)86(75)61-31-19-28-56(48-61)53-23-6-2-7-24-53)51-70(76)68-44-43-67-65-35-12-16-39-73(65)82(77(67)78(68)87)71-37-14-10-33-63(71)64-34-11-15-38-72(64)82/h1-51H. The molecule has 0 N–H and O–H groups in total. The predicted octanol–water partition coefficient (Wildman–Crippen LogP) is 20.4. The summed E-state index contributed by atoms with van der Waals surface area (Å²) in [6.45, 7) is 0. The lowest BCUT2D eigenvalue weighted by atomic mass is 9.70. The summed E-state index contributed by atoms with van der Waals surface area (Å²) < 4.78 is 4.96. The molecule has 5 nitrogen and oxygen atoms in total. The molecule has 0 saturated carbocycles. The molecule has 0 atom stereocenters. The Balaban J connectivity index is 0.869. The minimum Gasteiger partial charge on any atom is -0.309 e. The quantitative estimate of drug-likeness (QED) is 0.152. The molecule has 0 saturated heterocycles. The van der Waals surface area contributed by atoms with Crippen LogP contribution < -0.4 is 0 Å². The number of rotatable bonds is 8. The number of hydrogen-bond acceptors (Lipinski definition) is 3. The van der Waals surface area contributed by atoms with Gasteiger partial charge in [0, 0.05) is 55.2 Å². The van der Waals surface area contributed by atoms with Crippen molar-refractivity contribution in [3.05, 3.63) is 332 Å². The first-order chi connectivity index (χ1) is 43.1. The molecule has 0 radical (unpaired) electrons. The maximum absolute atomic E-state index is 5.36. The van der Waals surface area contributed by atoms with Crippen LogP contribution in [-0.2, 0) is 5.41 Å². The highest BCUT2D eigenvalue weighted by Crippen LogP contribution is 2.64. The van der Waals surface area contributed by atoms with E-state index < -0.39 is 5.41 Å². The third kappa shape index (κ3) is 7.43. The van der Waals surface area contributed by atoms with Crippen LogP contribution in [0, 0.1) is 0 Å². The molecule has 13 aromatic carbocycles. The summed E-state index contributed by atoms with van der Waals surface area (Å²) in [5.74, 6) is 1.83. The fraction of sp³-hybridized carbons (Fsp3) is 0.0122. The summed E-state index contributed by atoms with van der Waals surface area (Å²) in [7, 11) is 0. The Kier molecular flexibility index (Phi) is 10.8. The molecule has 0 unspecified atom stereocenters. The Bertz CT molecular complexity index is 5400. The van der Waals surface area contributed by atoms with E-state index in [1.807, 2.05) is 18.2 Å². The van der Waals surface area contributed by atoms with Crippen LogP contribution >= 0.6 is 0 Å². The van der Waals surface area contributed by atoms with Gasteiger partial charge in [0.15, 0.2) is 17.5 Å². The van der Waals surface area contributed by atoms with E-state index in [1.165, 1.54) is 93.7 Å². The Labute approximate surface area is 503 Å². The molecule has 3 heterocycles. The number of fused-ring (bicyclic) bond motifs is 17. The van der Waals surface area contributed by atoms with Gasteiger partial charge in [-0.05, 0) is 133 Å². The van der Waals surface area contributed by atoms with E-state index in [2.05, 4.69) is 300 Å². The molecule has 2 aliphatic rings. The van der Waals surface area contributed by atoms with E-state index in [0.717, 1.165) is 55.8 Å². The highest BCUT2D eigenvalue weighted by molar-refractivity contribution is 6.16. The second kappa shape index (κ2) is 19.3. The highest BCUT2D eigenvalue weighted by atomic mass is 15.0. The molecule has 87 heavy (non-hydrogen) atoms. The van der Waals surface area contributed by atoms with Crippen LogP contribution in [0.25, 0.3) is 145 Å². The number of nitrogens with zero attached hydrogens (tertiary/aromatic N) is 5. The summed E-state index contributed by atoms with van der Waals surface area (Å²) in [5, 5.41) is 4.79. The smallest absolute Gasteiger partial charge is 0.164 e. The fourth-order valence-electron chi connectivity index (χ4n) is 14.6. The highest BCUT2D eigenvalue weighted by Gasteiger charge is 2.53. The van der Waals surface area contributed by atoms with Crippen molar-refractivity contribution in [1.29, 1.82) is 0 Å². The van der Waals surface area contributed by atoms with Gasteiger partial charge < -0.3 is 9.13 Å². The Morgan fingerprint density at radius 2 is 0.632 bits per heavy atom. The van der Waals surface area contributed by atoms with Gasteiger partial charge in [0.05, 0.1) is 27.5 Å². The first kappa shape index (κ1) is 48.9. The minimum absolute atomic E-state index is 0.599. The van der Waals surface area contributed by atoms with Gasteiger partial charge >= 0.3 is 0 Å². The van der Waals surface area contributed by atoms with Gasteiger partial charge in [-0.2, -0.15) is 0 Å². The Morgan fingerprint density at radius 3 is 1.24 bits per heavy atom. The largest absolute Gasteiger partial charge is 0.309 e. The SMILES string of the molecule is c1ccc(-c2cccc(-c3nc(-c4ccccc4)nc(-c4cccc(-n5c6ccc(-c7ccc8c(c7)c7ccccc7n8-c7cccc(-c8ccccc8)c7)cc6c6ccc7c(c65)C5(c6ccccc6-c6ccccc65)c5ccccc5-7)c4)n3)c2)cc1. The van der Waals surface area contributed by atoms with Crippen LogP contribution in [0.4, 0.5) is 0 Å². The monoisotopic (exact) mass is 1110 g/mol. The van der Waals surface area contributed by atoms with Crippen LogP contribution in [-0.4, -0.2) is 24.1 Å². The molecule has 0 bridgehead atoms.